The predicted octanol–water partition coefficient (Wildman–Crippen LogP) is 2.83. The molecule has 6 heteroatoms. The Balaban J connectivity index is 2.04. The molecule has 0 spiro atoms. The summed E-state index contributed by atoms with van der Waals surface area (Å²) in [5, 5.41) is 2.77. The second-order valence-electron chi connectivity index (χ2n) is 6.94. The number of nitrogens with zero attached hydrogens (tertiary/aromatic N) is 1. The van der Waals surface area contributed by atoms with Crippen molar-refractivity contribution < 1.29 is 19.1 Å². The highest BCUT2D eigenvalue weighted by Crippen LogP contribution is 2.35. The van der Waals surface area contributed by atoms with Crippen LogP contribution in [0, 0.1) is 5.41 Å². The van der Waals surface area contributed by atoms with Gasteiger partial charge in [-0.15, -0.1) is 0 Å². The molecule has 1 aliphatic rings. The summed E-state index contributed by atoms with van der Waals surface area (Å²) in [7, 11) is 1.66. The Kier molecular flexibility index (Phi) is 7.60. The third-order valence-corrected chi connectivity index (χ3v) is 4.83. The van der Waals surface area contributed by atoms with Gasteiger partial charge in [0.1, 0.15) is 0 Å². The maximum absolute atomic E-state index is 12.6. The van der Waals surface area contributed by atoms with E-state index in [2.05, 4.69) is 10.2 Å². The van der Waals surface area contributed by atoms with Gasteiger partial charge in [-0.3, -0.25) is 14.5 Å². The number of benzene rings is 1. The number of rotatable bonds is 8. The minimum Gasteiger partial charge on any atom is -0.466 e. The van der Waals surface area contributed by atoms with E-state index in [0.29, 0.717) is 26.2 Å². The number of methoxy groups -OCH3 is 1. The molecule has 1 saturated heterocycles. The van der Waals surface area contributed by atoms with Gasteiger partial charge in [0.2, 0.25) is 5.91 Å². The number of piperidine rings is 1. The Morgan fingerprint density at radius 1 is 1.27 bits per heavy atom. The fourth-order valence-corrected chi connectivity index (χ4v) is 3.57. The number of likely N-dealkylation sites (tertiary alicyclic amines) is 1. The highest BCUT2D eigenvalue weighted by atomic mass is 16.5. The maximum atomic E-state index is 12.6. The van der Waals surface area contributed by atoms with Gasteiger partial charge in [0.25, 0.3) is 0 Å². The molecule has 26 heavy (non-hydrogen) atoms. The van der Waals surface area contributed by atoms with Crippen molar-refractivity contribution in [2.45, 2.75) is 39.7 Å². The molecule has 2 rings (SSSR count). The first kappa shape index (κ1) is 20.4. The monoisotopic (exact) mass is 362 g/mol. The molecule has 1 aromatic rings. The Hall–Kier alpha value is -1.92. The van der Waals surface area contributed by atoms with Crippen molar-refractivity contribution in [1.82, 2.24) is 4.90 Å². The number of hydrogen-bond donors (Lipinski definition) is 1. The van der Waals surface area contributed by atoms with E-state index in [9.17, 15) is 9.59 Å². The van der Waals surface area contributed by atoms with Crippen molar-refractivity contribution in [3.05, 3.63) is 29.8 Å². The van der Waals surface area contributed by atoms with E-state index >= 15 is 0 Å². The number of nitrogens with one attached hydrogen (secondary N) is 1. The van der Waals surface area contributed by atoms with Crippen molar-refractivity contribution in [1.29, 1.82) is 0 Å². The number of ether oxygens (including phenoxy) is 2. The van der Waals surface area contributed by atoms with Crippen molar-refractivity contribution in [2.24, 2.45) is 5.41 Å². The molecule has 1 N–H and O–H groups in total. The van der Waals surface area contributed by atoms with Crippen LogP contribution in [0.5, 0.6) is 0 Å². The van der Waals surface area contributed by atoms with E-state index in [1.165, 1.54) is 6.92 Å². The molecule has 0 bridgehead atoms. The Labute approximate surface area is 155 Å². The first-order chi connectivity index (χ1) is 12.5. The van der Waals surface area contributed by atoms with Crippen LogP contribution in [0.4, 0.5) is 5.69 Å². The standard InChI is InChI=1S/C20H30N2O4/c1-4-26-19(24)20(11-13-25-3)10-5-12-22(15-20)14-17-6-8-18(9-7-17)21-16(2)23/h6-9H,4-5,10-15H2,1-3H3,(H,21,23). The number of esters is 1. The molecule has 1 aromatic carbocycles. The minimum absolute atomic E-state index is 0.0776. The molecule has 0 radical (unpaired) electrons. The van der Waals surface area contributed by atoms with Gasteiger partial charge in [-0.25, -0.2) is 0 Å². The van der Waals surface area contributed by atoms with E-state index in [-0.39, 0.29) is 11.9 Å². The highest BCUT2D eigenvalue weighted by Gasteiger charge is 2.43. The van der Waals surface area contributed by atoms with E-state index < -0.39 is 5.41 Å². The zero-order chi connectivity index (χ0) is 19.0. The lowest BCUT2D eigenvalue weighted by molar-refractivity contribution is -0.160. The van der Waals surface area contributed by atoms with Crippen LogP contribution in [-0.2, 0) is 25.6 Å². The van der Waals surface area contributed by atoms with Crippen molar-refractivity contribution in [3.63, 3.8) is 0 Å². The molecule has 1 aliphatic heterocycles. The van der Waals surface area contributed by atoms with Gasteiger partial charge >= 0.3 is 5.97 Å². The molecule has 0 aliphatic carbocycles. The maximum Gasteiger partial charge on any atom is 0.313 e. The van der Waals surface area contributed by atoms with Crippen LogP contribution >= 0.6 is 0 Å². The van der Waals surface area contributed by atoms with E-state index in [0.717, 1.165) is 37.2 Å². The average molecular weight is 362 g/mol. The van der Waals surface area contributed by atoms with Crippen molar-refractivity contribution in [3.8, 4) is 0 Å². The molecular formula is C20H30N2O4. The van der Waals surface area contributed by atoms with Gasteiger partial charge in [0.05, 0.1) is 12.0 Å². The minimum atomic E-state index is -0.486. The summed E-state index contributed by atoms with van der Waals surface area (Å²) in [6, 6.07) is 7.84. The normalized spacial score (nSPS) is 20.6. The lowest BCUT2D eigenvalue weighted by Crippen LogP contribution is -2.48. The van der Waals surface area contributed by atoms with Crippen molar-refractivity contribution in [2.75, 3.05) is 38.7 Å². The van der Waals surface area contributed by atoms with Gasteiger partial charge in [-0.1, -0.05) is 12.1 Å². The molecule has 0 aromatic heterocycles. The number of amides is 1. The van der Waals surface area contributed by atoms with Crippen LogP contribution in [0.25, 0.3) is 0 Å². The van der Waals surface area contributed by atoms with Gasteiger partial charge in [-0.05, 0) is 50.4 Å². The molecule has 1 amide bonds. The summed E-state index contributed by atoms with van der Waals surface area (Å²) in [5.41, 5.74) is 1.46. The van der Waals surface area contributed by atoms with Crippen LogP contribution in [0.2, 0.25) is 0 Å². The number of hydrogen-bond acceptors (Lipinski definition) is 5. The summed E-state index contributed by atoms with van der Waals surface area (Å²) < 4.78 is 10.6. The smallest absolute Gasteiger partial charge is 0.313 e. The van der Waals surface area contributed by atoms with Gasteiger partial charge < -0.3 is 14.8 Å². The molecule has 1 atom stereocenters. The van der Waals surface area contributed by atoms with Gasteiger partial charge in [0.15, 0.2) is 0 Å². The Morgan fingerprint density at radius 3 is 2.62 bits per heavy atom. The van der Waals surface area contributed by atoms with Gasteiger partial charge in [0, 0.05) is 39.4 Å². The summed E-state index contributed by atoms with van der Waals surface area (Å²) in [6.45, 7) is 6.71. The van der Waals surface area contributed by atoms with Crippen LogP contribution in [-0.4, -0.2) is 50.2 Å². The summed E-state index contributed by atoms with van der Waals surface area (Å²) in [6.07, 6.45) is 2.49. The summed E-state index contributed by atoms with van der Waals surface area (Å²) in [5.74, 6) is -0.186. The first-order valence-electron chi connectivity index (χ1n) is 9.24. The third kappa shape index (κ3) is 5.54. The van der Waals surface area contributed by atoms with Gasteiger partial charge in [-0.2, -0.15) is 0 Å². The highest BCUT2D eigenvalue weighted by molar-refractivity contribution is 5.88. The molecular weight excluding hydrogens is 332 g/mol. The fraction of sp³-hybridized carbons (Fsp3) is 0.600. The molecule has 6 nitrogen and oxygen atoms in total. The molecule has 1 fully saturated rings. The second kappa shape index (κ2) is 9.69. The second-order valence-corrected chi connectivity index (χ2v) is 6.94. The lowest BCUT2D eigenvalue weighted by Gasteiger charge is -2.41. The molecule has 0 saturated carbocycles. The Morgan fingerprint density at radius 2 is 2.00 bits per heavy atom. The molecule has 1 heterocycles. The zero-order valence-corrected chi connectivity index (χ0v) is 16.0. The summed E-state index contributed by atoms with van der Waals surface area (Å²) in [4.78, 5) is 26.1. The number of anilines is 1. The average Bonchev–Trinajstić information content (AvgIpc) is 2.62. The quantitative estimate of drug-likeness (QED) is 0.720. The molecule has 1 unspecified atom stereocenters. The Bertz CT molecular complexity index is 602. The molecule has 144 valence electrons. The fourth-order valence-electron chi connectivity index (χ4n) is 3.57. The van der Waals surface area contributed by atoms with E-state index in [1.807, 2.05) is 31.2 Å². The topological polar surface area (TPSA) is 67.9 Å². The largest absolute Gasteiger partial charge is 0.466 e. The van der Waals surface area contributed by atoms with E-state index in [1.54, 1.807) is 7.11 Å². The predicted molar refractivity (Wildman–Crippen MR) is 101 cm³/mol. The number of carbonyl (C=O) groups excluding carboxylic acids is 2. The zero-order valence-electron chi connectivity index (χ0n) is 16.0. The SMILES string of the molecule is CCOC(=O)C1(CCOC)CCCN(Cc2ccc(NC(C)=O)cc2)C1. The first-order valence-corrected chi connectivity index (χ1v) is 9.24. The summed E-state index contributed by atoms with van der Waals surface area (Å²) >= 11 is 0. The van der Waals surface area contributed by atoms with Crippen LogP contribution in [0.1, 0.15) is 38.7 Å². The lowest BCUT2D eigenvalue weighted by atomic mass is 9.77. The third-order valence-electron chi connectivity index (χ3n) is 4.83. The van der Waals surface area contributed by atoms with E-state index in [4.69, 9.17) is 9.47 Å². The van der Waals surface area contributed by atoms with Crippen molar-refractivity contribution >= 4 is 17.6 Å². The van der Waals surface area contributed by atoms with Crippen LogP contribution in [0.15, 0.2) is 24.3 Å². The number of carbonyl (C=O) groups is 2. The van der Waals surface area contributed by atoms with Crippen LogP contribution in [0.3, 0.4) is 0 Å². The van der Waals surface area contributed by atoms with Crippen LogP contribution < -0.4 is 5.32 Å².